The van der Waals surface area contributed by atoms with Crippen LogP contribution in [0, 0.1) is 29.6 Å². The minimum atomic E-state index is 0.862. The van der Waals surface area contributed by atoms with Gasteiger partial charge in [0.15, 0.2) is 0 Å². The number of hydrogen-bond acceptors (Lipinski definition) is 2. The second-order valence-electron chi connectivity index (χ2n) is 5.78. The van der Waals surface area contributed by atoms with E-state index in [0.29, 0.717) is 0 Å². The van der Waals surface area contributed by atoms with Crippen LogP contribution in [-0.4, -0.2) is 31.6 Å². The minimum Gasteiger partial charge on any atom is -0.330 e. The molecule has 14 heavy (non-hydrogen) atoms. The van der Waals surface area contributed by atoms with E-state index in [1.807, 2.05) is 0 Å². The van der Waals surface area contributed by atoms with Gasteiger partial charge in [0.2, 0.25) is 0 Å². The Kier molecular flexibility index (Phi) is 2.10. The van der Waals surface area contributed by atoms with E-state index in [1.165, 1.54) is 32.4 Å². The summed E-state index contributed by atoms with van der Waals surface area (Å²) in [6.07, 6.45) is 4.41. The van der Waals surface area contributed by atoms with E-state index in [0.717, 1.165) is 36.1 Å². The van der Waals surface area contributed by atoms with Crippen LogP contribution >= 0.6 is 0 Å². The van der Waals surface area contributed by atoms with Crippen LogP contribution in [0.5, 0.6) is 0 Å². The molecule has 2 bridgehead atoms. The highest BCUT2D eigenvalue weighted by Crippen LogP contribution is 2.53. The second kappa shape index (κ2) is 3.21. The van der Waals surface area contributed by atoms with E-state index >= 15 is 0 Å². The summed E-state index contributed by atoms with van der Waals surface area (Å²) in [6, 6.07) is 0. The van der Waals surface area contributed by atoms with Gasteiger partial charge in [-0.15, -0.1) is 0 Å². The Balaban J connectivity index is 1.84. The van der Waals surface area contributed by atoms with Crippen molar-refractivity contribution in [2.75, 3.05) is 26.7 Å². The fraction of sp³-hybridized carbons (Fsp3) is 1.00. The number of fused-ring (bicyclic) bond motifs is 2. The number of nitrogens with two attached hydrogens (primary N) is 1. The van der Waals surface area contributed by atoms with Gasteiger partial charge in [0.25, 0.3) is 0 Å². The maximum Gasteiger partial charge on any atom is 0.00127 e. The summed E-state index contributed by atoms with van der Waals surface area (Å²) in [4.78, 5) is 2.54. The number of nitrogens with zero attached hydrogens (tertiary/aromatic N) is 1. The van der Waals surface area contributed by atoms with Crippen LogP contribution in [0.3, 0.4) is 0 Å². The van der Waals surface area contributed by atoms with Crippen molar-refractivity contribution in [3.8, 4) is 0 Å². The number of hydrogen-bond donors (Lipinski definition) is 1. The highest BCUT2D eigenvalue weighted by molar-refractivity contribution is 5.01. The van der Waals surface area contributed by atoms with E-state index in [4.69, 9.17) is 5.73 Å². The molecule has 1 saturated heterocycles. The van der Waals surface area contributed by atoms with Crippen molar-refractivity contribution in [1.82, 2.24) is 4.90 Å². The molecule has 0 aromatic rings. The van der Waals surface area contributed by atoms with Crippen molar-refractivity contribution in [2.45, 2.75) is 19.3 Å². The van der Waals surface area contributed by atoms with Crippen LogP contribution in [-0.2, 0) is 0 Å². The van der Waals surface area contributed by atoms with Gasteiger partial charge < -0.3 is 10.6 Å². The van der Waals surface area contributed by atoms with Crippen molar-refractivity contribution in [3.63, 3.8) is 0 Å². The summed E-state index contributed by atoms with van der Waals surface area (Å²) in [7, 11) is 2.29. The first-order valence-electron chi connectivity index (χ1n) is 6.18. The topological polar surface area (TPSA) is 29.3 Å². The highest BCUT2D eigenvalue weighted by atomic mass is 15.1. The molecule has 4 fully saturated rings. The monoisotopic (exact) mass is 194 g/mol. The number of likely N-dealkylation sites (tertiary alicyclic amines) is 1. The van der Waals surface area contributed by atoms with Gasteiger partial charge in [-0.25, -0.2) is 0 Å². The van der Waals surface area contributed by atoms with E-state index in [-0.39, 0.29) is 0 Å². The molecular weight excluding hydrogens is 172 g/mol. The molecular formula is C12H22N2. The highest BCUT2D eigenvalue weighted by Gasteiger charge is 2.50. The Morgan fingerprint density at radius 1 is 1.14 bits per heavy atom. The van der Waals surface area contributed by atoms with Crippen molar-refractivity contribution in [3.05, 3.63) is 0 Å². The Morgan fingerprint density at radius 3 is 2.71 bits per heavy atom. The molecule has 1 heterocycles. The molecule has 2 nitrogen and oxygen atoms in total. The first-order chi connectivity index (χ1) is 6.79. The molecule has 0 aromatic carbocycles. The summed E-state index contributed by atoms with van der Waals surface area (Å²) in [5.41, 5.74) is 5.89. The SMILES string of the molecule is CN1CC2C3CCC(C(CN)C3)C2C1. The summed E-state index contributed by atoms with van der Waals surface area (Å²) in [5.74, 6) is 4.88. The molecule has 4 aliphatic rings. The van der Waals surface area contributed by atoms with E-state index < -0.39 is 0 Å². The first-order valence-corrected chi connectivity index (χ1v) is 6.18. The second-order valence-corrected chi connectivity index (χ2v) is 5.78. The quantitative estimate of drug-likeness (QED) is 0.679. The van der Waals surface area contributed by atoms with E-state index in [9.17, 15) is 0 Å². The molecule has 80 valence electrons. The van der Waals surface area contributed by atoms with Crippen molar-refractivity contribution in [1.29, 1.82) is 0 Å². The molecule has 5 atom stereocenters. The van der Waals surface area contributed by atoms with Crippen LogP contribution in [0.15, 0.2) is 0 Å². The minimum absolute atomic E-state index is 0.862. The molecule has 3 saturated carbocycles. The van der Waals surface area contributed by atoms with Gasteiger partial charge in [0.05, 0.1) is 0 Å². The third-order valence-corrected chi connectivity index (χ3v) is 5.13. The summed E-state index contributed by atoms with van der Waals surface area (Å²) < 4.78 is 0. The van der Waals surface area contributed by atoms with Gasteiger partial charge >= 0.3 is 0 Å². The summed E-state index contributed by atoms with van der Waals surface area (Å²) in [6.45, 7) is 3.65. The third-order valence-electron chi connectivity index (χ3n) is 5.13. The van der Waals surface area contributed by atoms with Gasteiger partial charge in [0, 0.05) is 13.1 Å². The van der Waals surface area contributed by atoms with Crippen LogP contribution in [0.2, 0.25) is 0 Å². The molecule has 2 heteroatoms. The molecule has 2 N–H and O–H groups in total. The van der Waals surface area contributed by atoms with Gasteiger partial charge in [-0.05, 0) is 62.4 Å². The third kappa shape index (κ3) is 1.17. The lowest BCUT2D eigenvalue weighted by molar-refractivity contribution is 0.00728. The molecule has 1 aliphatic heterocycles. The lowest BCUT2D eigenvalue weighted by Gasteiger charge is -2.49. The van der Waals surface area contributed by atoms with E-state index in [1.54, 1.807) is 0 Å². The largest absolute Gasteiger partial charge is 0.330 e. The zero-order valence-corrected chi connectivity index (χ0v) is 9.15. The van der Waals surface area contributed by atoms with Crippen molar-refractivity contribution >= 4 is 0 Å². The van der Waals surface area contributed by atoms with Crippen LogP contribution in [0.4, 0.5) is 0 Å². The molecule has 3 aliphatic carbocycles. The fourth-order valence-electron chi connectivity index (χ4n) is 4.56. The van der Waals surface area contributed by atoms with E-state index in [2.05, 4.69) is 11.9 Å². The van der Waals surface area contributed by atoms with Gasteiger partial charge in [-0.3, -0.25) is 0 Å². The summed E-state index contributed by atoms with van der Waals surface area (Å²) in [5, 5.41) is 0. The van der Waals surface area contributed by atoms with Gasteiger partial charge in [-0.1, -0.05) is 0 Å². The van der Waals surface area contributed by atoms with Crippen LogP contribution in [0.25, 0.3) is 0 Å². The predicted molar refractivity (Wildman–Crippen MR) is 57.9 cm³/mol. The van der Waals surface area contributed by atoms with Gasteiger partial charge in [-0.2, -0.15) is 0 Å². The Morgan fingerprint density at radius 2 is 1.93 bits per heavy atom. The maximum absolute atomic E-state index is 5.89. The number of rotatable bonds is 1. The molecule has 0 radical (unpaired) electrons. The van der Waals surface area contributed by atoms with Crippen LogP contribution in [0.1, 0.15) is 19.3 Å². The fourth-order valence-corrected chi connectivity index (χ4v) is 4.56. The van der Waals surface area contributed by atoms with Crippen molar-refractivity contribution < 1.29 is 0 Å². The lowest BCUT2D eigenvalue weighted by Crippen LogP contribution is -2.46. The Labute approximate surface area is 86.8 Å². The van der Waals surface area contributed by atoms with Gasteiger partial charge in [0.1, 0.15) is 0 Å². The Hall–Kier alpha value is -0.0800. The average molecular weight is 194 g/mol. The molecule has 0 aromatic heterocycles. The predicted octanol–water partition coefficient (Wildman–Crippen LogP) is 1.17. The average Bonchev–Trinajstić information content (AvgIpc) is 2.61. The first kappa shape index (κ1) is 9.17. The zero-order valence-electron chi connectivity index (χ0n) is 9.15. The lowest BCUT2D eigenvalue weighted by atomic mass is 9.55. The van der Waals surface area contributed by atoms with Crippen molar-refractivity contribution in [2.24, 2.45) is 35.3 Å². The normalized spacial score (nSPS) is 52.3. The zero-order chi connectivity index (χ0) is 9.71. The molecule has 5 unspecified atom stereocenters. The maximum atomic E-state index is 5.89. The Bertz CT molecular complexity index is 228. The standard InChI is InChI=1S/C12H22N2/c1-14-6-11-8-2-3-10(12(11)7-14)9(4-8)5-13/h8-12H,2-7,13H2,1H3. The molecule has 4 rings (SSSR count). The van der Waals surface area contributed by atoms with Crippen LogP contribution < -0.4 is 5.73 Å². The molecule has 0 amide bonds. The summed E-state index contributed by atoms with van der Waals surface area (Å²) >= 11 is 0. The molecule has 0 spiro atoms. The smallest absolute Gasteiger partial charge is 0.00127 e.